The summed E-state index contributed by atoms with van der Waals surface area (Å²) in [6.45, 7) is 2.78. The van der Waals surface area contributed by atoms with E-state index in [1.165, 1.54) is 11.1 Å². The van der Waals surface area contributed by atoms with Crippen LogP contribution in [0, 0.1) is 6.92 Å². The van der Waals surface area contributed by atoms with E-state index in [9.17, 15) is 4.79 Å². The fraction of sp³-hybridized carbons (Fsp3) is 0.417. The van der Waals surface area contributed by atoms with Crippen LogP contribution in [-0.4, -0.2) is 26.2 Å². The molecular weight excluding hydrogens is 190 g/mol. The summed E-state index contributed by atoms with van der Waals surface area (Å²) in [5, 5.41) is 2.51. The molecule has 0 saturated carbocycles. The number of likely N-dealkylation sites (N-methyl/N-ethyl adjacent to an activating group) is 1. The van der Waals surface area contributed by atoms with Crippen molar-refractivity contribution in [3.05, 3.63) is 35.4 Å². The maximum Gasteiger partial charge on any atom is 0.245 e. The molecule has 0 aliphatic carbocycles. The number of carbonyl (C=O) groups excluding carboxylic acids is 1. The van der Waals surface area contributed by atoms with E-state index in [0.29, 0.717) is 6.61 Å². The minimum Gasteiger partial charge on any atom is -0.371 e. The first-order chi connectivity index (χ1) is 7.22. The van der Waals surface area contributed by atoms with Gasteiger partial charge < -0.3 is 10.1 Å². The Labute approximate surface area is 90.4 Å². The Hall–Kier alpha value is -1.35. The van der Waals surface area contributed by atoms with Crippen LogP contribution in [0.15, 0.2) is 24.3 Å². The quantitative estimate of drug-likeness (QED) is 0.739. The largest absolute Gasteiger partial charge is 0.371 e. The number of carbonyl (C=O) groups is 1. The molecule has 15 heavy (non-hydrogen) atoms. The highest BCUT2D eigenvalue weighted by Gasteiger charge is 1.97. The molecule has 1 aromatic rings. The molecule has 1 amide bonds. The van der Waals surface area contributed by atoms with Crippen molar-refractivity contribution in [3.8, 4) is 0 Å². The Morgan fingerprint density at radius 1 is 1.33 bits per heavy atom. The Morgan fingerprint density at radius 3 is 2.60 bits per heavy atom. The molecule has 0 spiro atoms. The fourth-order valence-electron chi connectivity index (χ4n) is 1.18. The SMILES string of the molecule is CNC(=O)COCCc1ccc(C)cc1. The second kappa shape index (κ2) is 6.19. The highest BCUT2D eigenvalue weighted by atomic mass is 16.5. The van der Waals surface area contributed by atoms with Crippen LogP contribution in [0.4, 0.5) is 0 Å². The van der Waals surface area contributed by atoms with Gasteiger partial charge in [0.15, 0.2) is 0 Å². The summed E-state index contributed by atoms with van der Waals surface area (Å²) in [6, 6.07) is 8.32. The zero-order valence-corrected chi connectivity index (χ0v) is 9.25. The van der Waals surface area contributed by atoms with E-state index in [4.69, 9.17) is 4.74 Å². The average Bonchev–Trinajstić information content (AvgIpc) is 2.26. The Morgan fingerprint density at radius 2 is 2.00 bits per heavy atom. The maximum atomic E-state index is 10.8. The van der Waals surface area contributed by atoms with Gasteiger partial charge in [0.1, 0.15) is 6.61 Å². The van der Waals surface area contributed by atoms with E-state index >= 15 is 0 Å². The van der Waals surface area contributed by atoms with Crippen LogP contribution < -0.4 is 5.32 Å². The lowest BCUT2D eigenvalue weighted by atomic mass is 10.1. The van der Waals surface area contributed by atoms with Crippen LogP contribution in [0.3, 0.4) is 0 Å². The summed E-state index contributed by atoms with van der Waals surface area (Å²) < 4.78 is 5.21. The van der Waals surface area contributed by atoms with Gasteiger partial charge in [0, 0.05) is 7.05 Å². The van der Waals surface area contributed by atoms with Gasteiger partial charge in [0.2, 0.25) is 5.91 Å². The Balaban J connectivity index is 2.20. The number of nitrogens with one attached hydrogen (secondary N) is 1. The molecule has 0 aromatic heterocycles. The molecule has 1 N–H and O–H groups in total. The lowest BCUT2D eigenvalue weighted by molar-refractivity contribution is -0.125. The molecule has 0 saturated heterocycles. The molecule has 82 valence electrons. The topological polar surface area (TPSA) is 38.3 Å². The predicted molar refractivity (Wildman–Crippen MR) is 59.8 cm³/mol. The fourth-order valence-corrected chi connectivity index (χ4v) is 1.18. The predicted octanol–water partition coefficient (Wildman–Crippen LogP) is 1.30. The molecule has 0 aliphatic rings. The Kier molecular flexibility index (Phi) is 4.84. The number of aryl methyl sites for hydroxylation is 1. The zero-order valence-electron chi connectivity index (χ0n) is 9.25. The summed E-state index contributed by atoms with van der Waals surface area (Å²) in [7, 11) is 1.60. The first-order valence-corrected chi connectivity index (χ1v) is 5.06. The van der Waals surface area contributed by atoms with Crippen molar-refractivity contribution in [1.82, 2.24) is 5.32 Å². The van der Waals surface area contributed by atoms with Crippen LogP contribution in [0.25, 0.3) is 0 Å². The lowest BCUT2D eigenvalue weighted by Crippen LogP contribution is -2.23. The molecule has 0 atom stereocenters. The second-order valence-electron chi connectivity index (χ2n) is 3.46. The molecule has 0 fully saturated rings. The summed E-state index contributed by atoms with van der Waals surface area (Å²) in [4.78, 5) is 10.8. The van der Waals surface area contributed by atoms with Crippen LogP contribution in [0.5, 0.6) is 0 Å². The van der Waals surface area contributed by atoms with Gasteiger partial charge in [0.05, 0.1) is 6.61 Å². The zero-order chi connectivity index (χ0) is 11.1. The van der Waals surface area contributed by atoms with E-state index < -0.39 is 0 Å². The van der Waals surface area contributed by atoms with Crippen molar-refractivity contribution in [2.75, 3.05) is 20.3 Å². The first kappa shape index (κ1) is 11.7. The third-order valence-electron chi connectivity index (χ3n) is 2.17. The average molecular weight is 207 g/mol. The van der Waals surface area contributed by atoms with E-state index in [1.54, 1.807) is 7.05 Å². The number of amides is 1. The van der Waals surface area contributed by atoms with Gasteiger partial charge in [-0.05, 0) is 18.9 Å². The molecule has 1 rings (SSSR count). The minimum absolute atomic E-state index is 0.0843. The molecule has 0 heterocycles. The molecule has 3 heteroatoms. The first-order valence-electron chi connectivity index (χ1n) is 5.06. The minimum atomic E-state index is -0.0843. The summed E-state index contributed by atoms with van der Waals surface area (Å²) >= 11 is 0. The van der Waals surface area contributed by atoms with E-state index in [2.05, 4.69) is 36.5 Å². The number of hydrogen-bond acceptors (Lipinski definition) is 2. The maximum absolute atomic E-state index is 10.8. The number of ether oxygens (including phenoxy) is 1. The normalized spacial score (nSPS) is 10.0. The second-order valence-corrected chi connectivity index (χ2v) is 3.46. The van der Waals surface area contributed by atoms with Gasteiger partial charge in [0.25, 0.3) is 0 Å². The van der Waals surface area contributed by atoms with Gasteiger partial charge in [-0.2, -0.15) is 0 Å². The standard InChI is InChI=1S/C12H17NO2/c1-10-3-5-11(6-4-10)7-8-15-9-12(14)13-2/h3-6H,7-9H2,1-2H3,(H,13,14). The summed E-state index contributed by atoms with van der Waals surface area (Å²) in [6.07, 6.45) is 0.845. The van der Waals surface area contributed by atoms with Crippen molar-refractivity contribution in [1.29, 1.82) is 0 Å². The summed E-state index contributed by atoms with van der Waals surface area (Å²) in [5.41, 5.74) is 2.49. The van der Waals surface area contributed by atoms with Crippen molar-refractivity contribution >= 4 is 5.91 Å². The highest BCUT2D eigenvalue weighted by molar-refractivity contribution is 5.76. The van der Waals surface area contributed by atoms with Crippen molar-refractivity contribution < 1.29 is 9.53 Å². The number of hydrogen-bond donors (Lipinski definition) is 1. The van der Waals surface area contributed by atoms with Crippen LogP contribution in [0.1, 0.15) is 11.1 Å². The Bertz CT molecular complexity index is 306. The van der Waals surface area contributed by atoms with Gasteiger partial charge in [-0.15, -0.1) is 0 Å². The number of rotatable bonds is 5. The third-order valence-corrected chi connectivity index (χ3v) is 2.17. The van der Waals surface area contributed by atoms with Crippen molar-refractivity contribution in [3.63, 3.8) is 0 Å². The highest BCUT2D eigenvalue weighted by Crippen LogP contribution is 2.03. The van der Waals surface area contributed by atoms with Gasteiger partial charge in [-0.3, -0.25) is 4.79 Å². The van der Waals surface area contributed by atoms with Crippen molar-refractivity contribution in [2.45, 2.75) is 13.3 Å². The van der Waals surface area contributed by atoms with Gasteiger partial charge >= 0.3 is 0 Å². The molecule has 0 bridgehead atoms. The van der Waals surface area contributed by atoms with E-state index in [1.807, 2.05) is 0 Å². The molecule has 0 radical (unpaired) electrons. The van der Waals surface area contributed by atoms with E-state index in [0.717, 1.165) is 6.42 Å². The molecular formula is C12H17NO2. The van der Waals surface area contributed by atoms with Gasteiger partial charge in [-0.25, -0.2) is 0 Å². The smallest absolute Gasteiger partial charge is 0.245 e. The van der Waals surface area contributed by atoms with Crippen LogP contribution in [-0.2, 0) is 16.0 Å². The van der Waals surface area contributed by atoms with Crippen LogP contribution in [0.2, 0.25) is 0 Å². The molecule has 0 aliphatic heterocycles. The third kappa shape index (κ3) is 4.61. The van der Waals surface area contributed by atoms with E-state index in [-0.39, 0.29) is 12.5 Å². The van der Waals surface area contributed by atoms with Crippen LogP contribution >= 0.6 is 0 Å². The van der Waals surface area contributed by atoms with Gasteiger partial charge in [-0.1, -0.05) is 29.8 Å². The molecule has 1 aromatic carbocycles. The number of benzene rings is 1. The monoisotopic (exact) mass is 207 g/mol. The summed E-state index contributed by atoms with van der Waals surface area (Å²) in [5.74, 6) is -0.0843. The molecule has 0 unspecified atom stereocenters. The lowest BCUT2D eigenvalue weighted by Gasteiger charge is -2.03. The van der Waals surface area contributed by atoms with Crippen molar-refractivity contribution in [2.24, 2.45) is 0 Å². The molecule has 3 nitrogen and oxygen atoms in total.